The lowest BCUT2D eigenvalue weighted by atomic mass is 9.89. The molecule has 2 aromatic rings. The zero-order chi connectivity index (χ0) is 51.0. The predicted octanol–water partition coefficient (Wildman–Crippen LogP) is 5.33. The van der Waals surface area contributed by atoms with Crippen molar-refractivity contribution in [2.75, 3.05) is 20.3 Å². The summed E-state index contributed by atoms with van der Waals surface area (Å²) in [5.41, 5.74) is 0.829. The largest absolute Gasteiger partial charge is 0.466 e. The standard InChI is InChI=1S/C48H65NO18SSi/c1-26(2)47(8,9)69(11,12)67-45-41(64-43(55)32-19-15-13-16-20-32)42(39-36(63-45)25-59-44(65-39)33-21-17-14-18-22-33)68-48(46(56)57-10)23-34(60-29(5)52)37(49-27(3)50)40(66-48)38(62-31(7)54)35(61-30(6)53)24-58-28(4)51/h13-22,26,34-42,44-45H,23-25H2,1-12H3,(H,49,50)/t34-,35+,36+,37+,38+,39-,40+,41+,42-,44?,45-,48-/m0/s1. The van der Waals surface area contributed by atoms with E-state index in [0.29, 0.717) is 5.56 Å². The molecule has 1 unspecified atom stereocenters. The summed E-state index contributed by atoms with van der Waals surface area (Å²) in [5.74, 6) is -5.80. The van der Waals surface area contributed by atoms with Crippen LogP contribution in [0.15, 0.2) is 60.7 Å². The minimum Gasteiger partial charge on any atom is -0.466 e. The monoisotopic (exact) mass is 1000 g/mol. The van der Waals surface area contributed by atoms with Crippen LogP contribution in [0.25, 0.3) is 0 Å². The van der Waals surface area contributed by atoms with E-state index >= 15 is 0 Å². The molecule has 1 amide bonds. The summed E-state index contributed by atoms with van der Waals surface area (Å²) in [6, 6.07) is 15.9. The maximum Gasteiger partial charge on any atom is 0.349 e. The van der Waals surface area contributed by atoms with E-state index in [1.54, 1.807) is 42.5 Å². The highest BCUT2D eigenvalue weighted by Crippen LogP contribution is 2.52. The van der Waals surface area contributed by atoms with Crippen LogP contribution in [0.5, 0.6) is 0 Å². The number of ether oxygens (including phenoxy) is 10. The molecular weight excluding hydrogens is 939 g/mol. The Labute approximate surface area is 407 Å². The lowest BCUT2D eigenvalue weighted by Gasteiger charge is -2.54. The summed E-state index contributed by atoms with van der Waals surface area (Å²) in [5, 5.41) is 1.12. The van der Waals surface area contributed by atoms with Gasteiger partial charge >= 0.3 is 35.8 Å². The van der Waals surface area contributed by atoms with Crippen LogP contribution in [0.1, 0.15) is 90.9 Å². The summed E-state index contributed by atoms with van der Waals surface area (Å²) in [6.07, 6.45) is -12.9. The average molecular weight is 1000 g/mol. The van der Waals surface area contributed by atoms with Crippen LogP contribution in [-0.2, 0) is 80.6 Å². The minimum atomic E-state index is -2.90. The smallest absolute Gasteiger partial charge is 0.349 e. The summed E-state index contributed by atoms with van der Waals surface area (Å²) in [7, 11) is -1.80. The van der Waals surface area contributed by atoms with Gasteiger partial charge in [0.1, 0.15) is 31.0 Å². The number of carbonyl (C=O) groups is 7. The fourth-order valence-electron chi connectivity index (χ4n) is 8.32. The Bertz CT molecular complexity index is 2140. The van der Waals surface area contributed by atoms with E-state index < -0.39 is 135 Å². The third-order valence-electron chi connectivity index (χ3n) is 12.8. The first-order chi connectivity index (χ1) is 32.4. The number of esters is 6. The van der Waals surface area contributed by atoms with Gasteiger partial charge < -0.3 is 57.1 Å². The average Bonchev–Trinajstić information content (AvgIpc) is 3.28. The molecule has 69 heavy (non-hydrogen) atoms. The van der Waals surface area contributed by atoms with Gasteiger partial charge in [-0.15, -0.1) is 11.8 Å². The Balaban J connectivity index is 1.78. The second-order valence-corrected chi connectivity index (χ2v) is 24.5. The van der Waals surface area contributed by atoms with E-state index in [1.807, 2.05) is 31.3 Å². The van der Waals surface area contributed by atoms with Crippen LogP contribution in [-0.4, -0.2) is 136 Å². The molecule has 12 atom stereocenters. The van der Waals surface area contributed by atoms with Gasteiger partial charge in [0.25, 0.3) is 0 Å². The second-order valence-electron chi connectivity index (χ2n) is 18.5. The number of hydrogen-bond donors (Lipinski definition) is 1. The lowest BCUT2D eigenvalue weighted by molar-refractivity contribution is -0.323. The molecule has 0 spiro atoms. The van der Waals surface area contributed by atoms with Gasteiger partial charge in [-0.2, -0.15) is 0 Å². The number of rotatable bonds is 18. The molecule has 0 saturated carbocycles. The van der Waals surface area contributed by atoms with Gasteiger partial charge in [0.15, 0.2) is 39.2 Å². The highest BCUT2D eigenvalue weighted by Gasteiger charge is 2.64. The molecule has 0 aromatic heterocycles. The molecular formula is C48H65NO18SSi. The van der Waals surface area contributed by atoms with E-state index in [4.69, 9.17) is 51.8 Å². The molecule has 0 radical (unpaired) electrons. The minimum absolute atomic E-state index is 0.0554. The maximum absolute atomic E-state index is 14.9. The number of carbonyl (C=O) groups excluding carboxylic acids is 7. The number of methoxy groups -OCH3 is 1. The maximum atomic E-state index is 14.9. The number of amides is 1. The normalized spacial score (nSPS) is 27.9. The van der Waals surface area contributed by atoms with Gasteiger partial charge in [-0.1, -0.05) is 76.2 Å². The fraction of sp³-hybridized carbons (Fsp3) is 0.604. The Morgan fingerprint density at radius 3 is 2.01 bits per heavy atom. The van der Waals surface area contributed by atoms with Crippen LogP contribution in [0.2, 0.25) is 18.1 Å². The number of benzene rings is 2. The first kappa shape index (κ1) is 55.0. The SMILES string of the molecule is COC(=O)[C@@]1(S[C@H]2[C@H]3OC(c4ccccc4)OC[C@H]3O[C@@H](O[Si](C)(C)C(C)(C)C(C)C)[C@@H]2OC(=O)c2ccccc2)C[C@H](OC(C)=O)[C@@H](NC(C)=O)[C@H]([C@H](OC(C)=O)[C@@H](COC(C)=O)OC(C)=O)O1. The molecule has 0 aliphatic carbocycles. The number of fused-ring (bicyclic) bond motifs is 1. The van der Waals surface area contributed by atoms with Crippen LogP contribution >= 0.6 is 11.8 Å². The van der Waals surface area contributed by atoms with E-state index in [9.17, 15) is 33.6 Å². The molecule has 21 heteroatoms. The van der Waals surface area contributed by atoms with Gasteiger partial charge in [-0.3, -0.25) is 24.0 Å². The molecule has 1 N–H and O–H groups in total. The van der Waals surface area contributed by atoms with Crippen molar-refractivity contribution in [3.63, 3.8) is 0 Å². The quantitative estimate of drug-likeness (QED) is 0.113. The summed E-state index contributed by atoms with van der Waals surface area (Å²) in [6.45, 7) is 17.2. The predicted molar refractivity (Wildman–Crippen MR) is 248 cm³/mol. The Kier molecular flexibility index (Phi) is 18.6. The van der Waals surface area contributed by atoms with Gasteiger partial charge in [0.2, 0.25) is 10.8 Å². The highest BCUT2D eigenvalue weighted by molar-refractivity contribution is 8.01. The summed E-state index contributed by atoms with van der Waals surface area (Å²) >= 11 is 0.792. The molecule has 3 aliphatic rings. The molecule has 5 rings (SSSR count). The van der Waals surface area contributed by atoms with Crippen molar-refractivity contribution in [3.05, 3.63) is 71.8 Å². The van der Waals surface area contributed by atoms with Crippen LogP contribution in [0.4, 0.5) is 0 Å². The van der Waals surface area contributed by atoms with Crippen LogP contribution < -0.4 is 5.32 Å². The summed E-state index contributed by atoms with van der Waals surface area (Å²) in [4.78, 5) is 90.8. The second kappa shape index (κ2) is 23.3. The number of nitrogens with one attached hydrogen (secondary N) is 1. The molecule has 2 aromatic carbocycles. The van der Waals surface area contributed by atoms with Crippen molar-refractivity contribution >= 4 is 61.8 Å². The Morgan fingerprint density at radius 2 is 1.46 bits per heavy atom. The number of hydrogen-bond acceptors (Lipinski definition) is 19. The summed E-state index contributed by atoms with van der Waals surface area (Å²) < 4.78 is 68.4. The topological polar surface area (TPSA) is 233 Å². The fourth-order valence-corrected chi connectivity index (χ4v) is 12.5. The highest BCUT2D eigenvalue weighted by atomic mass is 32.2. The van der Waals surface area contributed by atoms with Crippen LogP contribution in [0, 0.1) is 5.92 Å². The molecule has 0 bridgehead atoms. The third kappa shape index (κ3) is 13.5. The van der Waals surface area contributed by atoms with Crippen molar-refractivity contribution < 1.29 is 85.4 Å². The van der Waals surface area contributed by atoms with Crippen molar-refractivity contribution in [1.29, 1.82) is 0 Å². The van der Waals surface area contributed by atoms with Crippen molar-refractivity contribution in [3.8, 4) is 0 Å². The molecule has 3 fully saturated rings. The van der Waals surface area contributed by atoms with Gasteiger partial charge in [-0.25, -0.2) is 9.59 Å². The zero-order valence-corrected chi connectivity index (χ0v) is 42.9. The molecule has 380 valence electrons. The molecule has 3 heterocycles. The van der Waals surface area contributed by atoms with E-state index in [1.165, 1.54) is 6.92 Å². The van der Waals surface area contributed by atoms with E-state index in [-0.39, 0.29) is 23.1 Å². The molecule has 19 nitrogen and oxygen atoms in total. The molecule has 3 saturated heterocycles. The molecule has 3 aliphatic heterocycles. The van der Waals surface area contributed by atoms with Crippen molar-refractivity contribution in [2.45, 2.75) is 158 Å². The van der Waals surface area contributed by atoms with Crippen molar-refractivity contribution in [2.24, 2.45) is 5.92 Å². The van der Waals surface area contributed by atoms with Gasteiger partial charge in [0.05, 0.1) is 30.6 Å². The van der Waals surface area contributed by atoms with E-state index in [2.05, 4.69) is 33.0 Å². The van der Waals surface area contributed by atoms with Crippen molar-refractivity contribution in [1.82, 2.24) is 5.32 Å². The van der Waals surface area contributed by atoms with Gasteiger partial charge in [-0.05, 0) is 36.2 Å². The third-order valence-corrected chi connectivity index (χ3v) is 19.0. The van der Waals surface area contributed by atoms with Gasteiger partial charge in [0, 0.05) is 46.6 Å². The zero-order valence-electron chi connectivity index (χ0n) is 41.1. The van der Waals surface area contributed by atoms with E-state index in [0.717, 1.165) is 46.6 Å². The number of thioether (sulfide) groups is 1. The first-order valence-corrected chi connectivity index (χ1v) is 26.5. The first-order valence-electron chi connectivity index (χ1n) is 22.7. The van der Waals surface area contributed by atoms with Crippen LogP contribution in [0.3, 0.4) is 0 Å². The Hall–Kier alpha value is -4.90. The Morgan fingerprint density at radius 1 is 0.841 bits per heavy atom. The lowest BCUT2D eigenvalue weighted by Crippen LogP contribution is -2.70.